The number of halogens is 1. The lowest BCUT2D eigenvalue weighted by Gasteiger charge is -2.04. The Labute approximate surface area is 103 Å². The quantitative estimate of drug-likeness (QED) is 0.582. The molecular weight excluding hydrogens is 241 g/mol. The number of anilines is 1. The van der Waals surface area contributed by atoms with E-state index in [1.807, 2.05) is 0 Å². The number of nitrogens with two attached hydrogens (primary N) is 1. The Balaban J connectivity index is 2.39. The molecule has 0 saturated carbocycles. The van der Waals surface area contributed by atoms with Gasteiger partial charge in [0.05, 0.1) is 16.5 Å². The van der Waals surface area contributed by atoms with Gasteiger partial charge in [-0.15, -0.1) is 0 Å². The number of nitrogen functional groups attached to an aromatic ring is 1. The maximum absolute atomic E-state index is 13.1. The predicted octanol–water partition coefficient (Wildman–Crippen LogP) is 2.07. The fraction of sp³-hybridized carbons (Fsp3) is 0.500. The number of benzene rings is 1. The van der Waals surface area contributed by atoms with Gasteiger partial charge in [-0.05, 0) is 31.0 Å². The smallest absolute Gasteiger partial charge is 0.147 e. The van der Waals surface area contributed by atoms with E-state index in [9.17, 15) is 8.60 Å². The largest absolute Gasteiger partial charge is 0.396 e. The van der Waals surface area contributed by atoms with Gasteiger partial charge >= 0.3 is 0 Å². The number of hydrogen-bond acceptors (Lipinski definition) is 3. The molecule has 1 atom stereocenters. The molecule has 0 aromatic heterocycles. The number of unbranched alkanes of at least 4 members (excludes halogenated alkanes) is 3. The molecule has 17 heavy (non-hydrogen) atoms. The maximum Gasteiger partial charge on any atom is 0.147 e. The van der Waals surface area contributed by atoms with Gasteiger partial charge in [0.2, 0.25) is 0 Å². The molecule has 1 rings (SSSR count). The molecular formula is C12H18FNO2S. The minimum absolute atomic E-state index is 0.0775. The topological polar surface area (TPSA) is 63.3 Å². The van der Waals surface area contributed by atoms with Gasteiger partial charge in [0, 0.05) is 17.3 Å². The molecule has 0 aliphatic carbocycles. The zero-order valence-electron chi connectivity index (χ0n) is 9.69. The molecule has 3 N–H and O–H groups in total. The third-order valence-corrected chi connectivity index (χ3v) is 3.91. The number of rotatable bonds is 7. The van der Waals surface area contributed by atoms with E-state index < -0.39 is 16.6 Å². The molecule has 5 heteroatoms. The highest BCUT2D eigenvalue weighted by molar-refractivity contribution is 7.85. The number of aliphatic hydroxyl groups is 1. The third-order valence-electron chi connectivity index (χ3n) is 2.47. The van der Waals surface area contributed by atoms with E-state index in [1.165, 1.54) is 12.1 Å². The normalized spacial score (nSPS) is 12.6. The van der Waals surface area contributed by atoms with Gasteiger partial charge in [-0.1, -0.05) is 12.8 Å². The summed E-state index contributed by atoms with van der Waals surface area (Å²) in [6.07, 6.45) is 3.47. The van der Waals surface area contributed by atoms with Crippen molar-refractivity contribution in [1.29, 1.82) is 0 Å². The van der Waals surface area contributed by atoms with Crippen LogP contribution in [-0.2, 0) is 10.8 Å². The van der Waals surface area contributed by atoms with Crippen LogP contribution in [0.15, 0.2) is 23.1 Å². The average molecular weight is 259 g/mol. The maximum atomic E-state index is 13.1. The zero-order valence-corrected chi connectivity index (χ0v) is 10.5. The van der Waals surface area contributed by atoms with E-state index in [4.69, 9.17) is 10.8 Å². The van der Waals surface area contributed by atoms with Crippen molar-refractivity contribution in [2.45, 2.75) is 30.6 Å². The molecule has 0 heterocycles. The first kappa shape index (κ1) is 14.1. The summed E-state index contributed by atoms with van der Waals surface area (Å²) in [7, 11) is -1.17. The minimum Gasteiger partial charge on any atom is -0.396 e. The van der Waals surface area contributed by atoms with Gasteiger partial charge in [-0.3, -0.25) is 4.21 Å². The Morgan fingerprint density at radius 1 is 1.24 bits per heavy atom. The Bertz CT molecular complexity index is 385. The van der Waals surface area contributed by atoms with E-state index in [-0.39, 0.29) is 12.3 Å². The predicted molar refractivity (Wildman–Crippen MR) is 67.6 cm³/mol. The summed E-state index contributed by atoms with van der Waals surface area (Å²) in [6.45, 7) is 0.201. The third kappa shape index (κ3) is 4.83. The van der Waals surface area contributed by atoms with Crippen LogP contribution in [0.1, 0.15) is 25.7 Å². The molecule has 0 aliphatic rings. The zero-order chi connectivity index (χ0) is 12.7. The van der Waals surface area contributed by atoms with Gasteiger partial charge in [0.15, 0.2) is 0 Å². The highest BCUT2D eigenvalue weighted by Gasteiger charge is 2.06. The first-order valence-corrected chi connectivity index (χ1v) is 7.01. The fourth-order valence-corrected chi connectivity index (χ4v) is 2.62. The molecule has 96 valence electrons. The van der Waals surface area contributed by atoms with E-state index >= 15 is 0 Å². The molecule has 0 fully saturated rings. The van der Waals surface area contributed by atoms with Gasteiger partial charge in [-0.2, -0.15) is 0 Å². The van der Waals surface area contributed by atoms with Gasteiger partial charge in [-0.25, -0.2) is 4.39 Å². The van der Waals surface area contributed by atoms with Crippen molar-refractivity contribution in [3.63, 3.8) is 0 Å². The van der Waals surface area contributed by atoms with Gasteiger partial charge in [0.1, 0.15) is 5.82 Å². The lowest BCUT2D eigenvalue weighted by Crippen LogP contribution is -2.00. The van der Waals surface area contributed by atoms with Crippen molar-refractivity contribution in [3.8, 4) is 0 Å². The van der Waals surface area contributed by atoms with Crippen molar-refractivity contribution in [2.24, 2.45) is 0 Å². The highest BCUT2D eigenvalue weighted by atomic mass is 32.2. The monoisotopic (exact) mass is 259 g/mol. The minimum atomic E-state index is -1.17. The van der Waals surface area contributed by atoms with Crippen LogP contribution in [0.25, 0.3) is 0 Å². The molecule has 0 bridgehead atoms. The summed E-state index contributed by atoms with van der Waals surface area (Å²) < 4.78 is 24.9. The second-order valence-electron chi connectivity index (χ2n) is 3.87. The number of hydrogen-bond donors (Lipinski definition) is 2. The van der Waals surface area contributed by atoms with Crippen molar-refractivity contribution in [3.05, 3.63) is 24.0 Å². The van der Waals surface area contributed by atoms with E-state index in [0.29, 0.717) is 10.6 Å². The summed E-state index contributed by atoms with van der Waals surface area (Å²) in [5, 5.41) is 8.60. The lowest BCUT2D eigenvalue weighted by atomic mass is 10.2. The summed E-state index contributed by atoms with van der Waals surface area (Å²) in [5.41, 5.74) is 5.42. The molecule has 0 saturated heterocycles. The van der Waals surface area contributed by atoms with Gasteiger partial charge < -0.3 is 10.8 Å². The van der Waals surface area contributed by atoms with Crippen LogP contribution < -0.4 is 5.73 Å². The average Bonchev–Trinajstić information content (AvgIpc) is 2.32. The SMILES string of the molecule is Nc1ccc(S(=O)CCCCCCO)cc1F. The van der Waals surface area contributed by atoms with Crippen LogP contribution in [0.2, 0.25) is 0 Å². The Morgan fingerprint density at radius 2 is 1.94 bits per heavy atom. The molecule has 0 spiro atoms. The van der Waals surface area contributed by atoms with E-state index in [0.717, 1.165) is 25.7 Å². The summed E-state index contributed by atoms with van der Waals surface area (Å²) in [4.78, 5) is 0.485. The van der Waals surface area contributed by atoms with Crippen molar-refractivity contribution in [2.75, 3.05) is 18.1 Å². The van der Waals surface area contributed by atoms with Crippen molar-refractivity contribution >= 4 is 16.5 Å². The fourth-order valence-electron chi connectivity index (χ4n) is 1.47. The Hall–Kier alpha value is -0.940. The Kier molecular flexibility index (Phi) is 6.15. The molecule has 1 aromatic carbocycles. The standard InChI is InChI=1S/C12H18FNO2S/c13-11-9-10(5-6-12(11)14)17(16)8-4-2-1-3-7-15/h5-6,9,15H,1-4,7-8,14H2. The van der Waals surface area contributed by atoms with Crippen molar-refractivity contribution in [1.82, 2.24) is 0 Å². The number of aliphatic hydroxyl groups excluding tert-OH is 1. The second kappa shape index (κ2) is 7.40. The first-order valence-electron chi connectivity index (χ1n) is 5.69. The lowest BCUT2D eigenvalue weighted by molar-refractivity contribution is 0.283. The summed E-state index contributed by atoms with van der Waals surface area (Å²) in [6, 6.07) is 4.27. The summed E-state index contributed by atoms with van der Waals surface area (Å²) in [5.74, 6) is 0.00513. The van der Waals surface area contributed by atoms with Gasteiger partial charge in [0.25, 0.3) is 0 Å². The van der Waals surface area contributed by atoms with Crippen LogP contribution in [0, 0.1) is 5.82 Å². The van der Waals surface area contributed by atoms with Crippen LogP contribution in [0.3, 0.4) is 0 Å². The highest BCUT2D eigenvalue weighted by Crippen LogP contribution is 2.16. The van der Waals surface area contributed by atoms with Crippen LogP contribution >= 0.6 is 0 Å². The molecule has 1 unspecified atom stereocenters. The Morgan fingerprint density at radius 3 is 2.59 bits per heavy atom. The molecule has 0 aliphatic heterocycles. The summed E-state index contributed by atoms with van der Waals surface area (Å²) >= 11 is 0. The van der Waals surface area contributed by atoms with Crippen LogP contribution in [0.4, 0.5) is 10.1 Å². The van der Waals surface area contributed by atoms with E-state index in [2.05, 4.69) is 0 Å². The van der Waals surface area contributed by atoms with Crippen LogP contribution in [0.5, 0.6) is 0 Å². The van der Waals surface area contributed by atoms with E-state index in [1.54, 1.807) is 6.07 Å². The molecule has 1 aromatic rings. The second-order valence-corrected chi connectivity index (χ2v) is 5.44. The first-order chi connectivity index (χ1) is 8.15. The van der Waals surface area contributed by atoms with Crippen LogP contribution in [-0.4, -0.2) is 21.7 Å². The molecule has 0 amide bonds. The molecule has 3 nitrogen and oxygen atoms in total. The molecule has 0 radical (unpaired) electrons. The van der Waals surface area contributed by atoms with Crippen molar-refractivity contribution < 1.29 is 13.7 Å².